The minimum absolute atomic E-state index is 0.0899. The van der Waals surface area contributed by atoms with Gasteiger partial charge in [0.1, 0.15) is 17.1 Å². The van der Waals surface area contributed by atoms with E-state index in [1.54, 1.807) is 6.07 Å². The molecule has 0 aromatic carbocycles. The highest BCUT2D eigenvalue weighted by atomic mass is 19.4. The fourth-order valence-electron chi connectivity index (χ4n) is 3.89. The fraction of sp³-hybridized carbons (Fsp3) is 0.429. The van der Waals surface area contributed by atoms with E-state index in [9.17, 15) is 23.1 Å². The van der Waals surface area contributed by atoms with Crippen LogP contribution in [-0.2, 0) is 6.18 Å². The first-order valence-corrected chi connectivity index (χ1v) is 10.2. The zero-order valence-corrected chi connectivity index (χ0v) is 17.3. The molecule has 0 saturated heterocycles. The lowest BCUT2D eigenvalue weighted by Gasteiger charge is -2.27. The second-order valence-electron chi connectivity index (χ2n) is 7.78. The lowest BCUT2D eigenvalue weighted by Crippen LogP contribution is -2.20. The first-order chi connectivity index (χ1) is 15.3. The summed E-state index contributed by atoms with van der Waals surface area (Å²) in [5.41, 5.74) is -0.893. The maximum atomic E-state index is 12.9. The molecule has 0 spiro atoms. The van der Waals surface area contributed by atoms with Gasteiger partial charge in [0, 0.05) is 18.2 Å². The smallest absolute Gasteiger partial charge is 0.433 e. The molecular formula is C21H22F3N5O3. The molecule has 0 aliphatic heterocycles. The van der Waals surface area contributed by atoms with E-state index in [4.69, 9.17) is 4.74 Å². The Balaban J connectivity index is 1.58. The van der Waals surface area contributed by atoms with E-state index in [1.807, 2.05) is 10.9 Å². The van der Waals surface area contributed by atoms with Gasteiger partial charge in [0.15, 0.2) is 5.65 Å². The van der Waals surface area contributed by atoms with Crippen molar-refractivity contribution in [1.29, 1.82) is 0 Å². The van der Waals surface area contributed by atoms with Crippen LogP contribution in [0, 0.1) is 5.92 Å². The minimum Gasteiger partial charge on any atom is -0.479 e. The van der Waals surface area contributed by atoms with E-state index in [0.29, 0.717) is 17.0 Å². The maximum Gasteiger partial charge on any atom is 0.433 e. The van der Waals surface area contributed by atoms with Crippen LogP contribution in [0.3, 0.4) is 0 Å². The number of hydrogen-bond donors (Lipinski definition) is 2. The van der Waals surface area contributed by atoms with Gasteiger partial charge in [0.05, 0.1) is 13.2 Å². The number of carbonyl (C=O) groups excluding carboxylic acids is 1. The van der Waals surface area contributed by atoms with Gasteiger partial charge in [-0.05, 0) is 49.8 Å². The zero-order chi connectivity index (χ0) is 22.9. The zero-order valence-electron chi connectivity index (χ0n) is 17.3. The van der Waals surface area contributed by atoms with Crippen LogP contribution in [0.2, 0.25) is 0 Å². The van der Waals surface area contributed by atoms with Gasteiger partial charge in [0.25, 0.3) is 5.91 Å². The van der Waals surface area contributed by atoms with Crippen molar-refractivity contribution < 1.29 is 27.8 Å². The summed E-state index contributed by atoms with van der Waals surface area (Å²) in [6.07, 6.45) is 0.782. The SMILES string of the molecule is COc1nc2nn([C@H]3CC[C@H](CO)CC3)cc2cc1NC(=O)c1cccc(C(F)(F)F)n1. The van der Waals surface area contributed by atoms with Gasteiger partial charge in [-0.3, -0.25) is 9.48 Å². The van der Waals surface area contributed by atoms with Crippen molar-refractivity contribution in [2.75, 3.05) is 19.0 Å². The summed E-state index contributed by atoms with van der Waals surface area (Å²) in [6, 6.07) is 4.93. The molecule has 170 valence electrons. The Labute approximate surface area is 181 Å². The molecule has 4 rings (SSSR count). The molecule has 0 bridgehead atoms. The second-order valence-corrected chi connectivity index (χ2v) is 7.78. The Morgan fingerprint density at radius 3 is 2.66 bits per heavy atom. The number of ether oxygens (including phenoxy) is 1. The van der Waals surface area contributed by atoms with Gasteiger partial charge in [0.2, 0.25) is 5.88 Å². The minimum atomic E-state index is -4.65. The number of anilines is 1. The summed E-state index contributed by atoms with van der Waals surface area (Å²) >= 11 is 0. The number of nitrogens with zero attached hydrogens (tertiary/aromatic N) is 4. The standard InChI is InChI=1S/C21H22F3N5O3/c1-32-20-16(26-19(31)15-3-2-4-17(25-15)21(22,23)24)9-13-10-29(28-18(13)27-20)14-7-5-12(11-30)6-8-14/h2-4,9-10,12,14,30H,5-8,11H2,1H3,(H,26,31)/t12-,14-. The molecule has 0 unspecified atom stereocenters. The summed E-state index contributed by atoms with van der Waals surface area (Å²) in [4.78, 5) is 20.3. The number of pyridine rings is 2. The Hall–Kier alpha value is -3.21. The van der Waals surface area contributed by atoms with E-state index in [0.717, 1.165) is 37.8 Å². The van der Waals surface area contributed by atoms with Crippen LogP contribution in [0.1, 0.15) is 47.9 Å². The first-order valence-electron chi connectivity index (χ1n) is 10.2. The summed E-state index contributed by atoms with van der Waals surface area (Å²) in [5, 5.41) is 17.0. The van der Waals surface area contributed by atoms with Gasteiger partial charge in [-0.2, -0.15) is 23.3 Å². The highest BCUT2D eigenvalue weighted by Crippen LogP contribution is 2.34. The van der Waals surface area contributed by atoms with E-state index in [1.165, 1.54) is 13.2 Å². The largest absolute Gasteiger partial charge is 0.479 e. The number of alkyl halides is 3. The summed E-state index contributed by atoms with van der Waals surface area (Å²) in [6.45, 7) is 0.191. The molecule has 3 aromatic rings. The number of halogens is 3. The van der Waals surface area contributed by atoms with Crippen molar-refractivity contribution in [1.82, 2.24) is 19.7 Å². The average molecular weight is 449 g/mol. The Bertz CT molecular complexity index is 1120. The van der Waals surface area contributed by atoms with Crippen LogP contribution in [-0.4, -0.2) is 44.5 Å². The maximum absolute atomic E-state index is 12.9. The summed E-state index contributed by atoms with van der Waals surface area (Å²) in [5.74, 6) is -0.405. The summed E-state index contributed by atoms with van der Waals surface area (Å²) in [7, 11) is 1.37. The predicted molar refractivity (Wildman–Crippen MR) is 109 cm³/mol. The average Bonchev–Trinajstić information content (AvgIpc) is 3.21. The Kier molecular flexibility index (Phi) is 6.00. The number of methoxy groups -OCH3 is 1. The molecule has 8 nitrogen and oxygen atoms in total. The van der Waals surface area contributed by atoms with Crippen LogP contribution in [0.5, 0.6) is 5.88 Å². The Morgan fingerprint density at radius 1 is 1.25 bits per heavy atom. The van der Waals surface area contributed by atoms with Crippen LogP contribution < -0.4 is 10.1 Å². The van der Waals surface area contributed by atoms with Crippen molar-refractivity contribution in [2.45, 2.75) is 37.9 Å². The second kappa shape index (κ2) is 8.73. The van der Waals surface area contributed by atoms with Gasteiger partial charge in [-0.1, -0.05) is 6.07 Å². The van der Waals surface area contributed by atoms with Gasteiger partial charge in [-0.15, -0.1) is 0 Å². The fourth-order valence-corrected chi connectivity index (χ4v) is 3.89. The molecular weight excluding hydrogens is 427 g/mol. The van der Waals surface area contributed by atoms with Crippen LogP contribution in [0.4, 0.5) is 18.9 Å². The molecule has 11 heteroatoms. The number of carbonyl (C=O) groups is 1. The van der Waals surface area contributed by atoms with Gasteiger partial charge < -0.3 is 15.2 Å². The number of fused-ring (bicyclic) bond motifs is 1. The van der Waals surface area contributed by atoms with Crippen LogP contribution in [0.15, 0.2) is 30.5 Å². The number of aliphatic hydroxyl groups is 1. The molecule has 1 aliphatic rings. The molecule has 1 amide bonds. The van der Waals surface area contributed by atoms with Crippen molar-refractivity contribution in [3.8, 4) is 5.88 Å². The lowest BCUT2D eigenvalue weighted by molar-refractivity contribution is -0.141. The summed E-state index contributed by atoms with van der Waals surface area (Å²) < 4.78 is 45.8. The quantitative estimate of drug-likeness (QED) is 0.614. The van der Waals surface area contributed by atoms with E-state index < -0.39 is 17.8 Å². The number of amides is 1. The van der Waals surface area contributed by atoms with Gasteiger partial charge in [-0.25, -0.2) is 4.98 Å². The van der Waals surface area contributed by atoms with E-state index in [2.05, 4.69) is 20.4 Å². The van der Waals surface area contributed by atoms with Gasteiger partial charge >= 0.3 is 6.18 Å². The van der Waals surface area contributed by atoms with Crippen LogP contribution in [0.25, 0.3) is 11.0 Å². The molecule has 3 heterocycles. The number of rotatable bonds is 5. The van der Waals surface area contributed by atoms with Crippen LogP contribution >= 0.6 is 0 Å². The van der Waals surface area contributed by atoms with Crippen molar-refractivity contribution in [3.63, 3.8) is 0 Å². The van der Waals surface area contributed by atoms with Crippen molar-refractivity contribution in [3.05, 3.63) is 41.9 Å². The molecule has 32 heavy (non-hydrogen) atoms. The Morgan fingerprint density at radius 2 is 2.00 bits per heavy atom. The monoisotopic (exact) mass is 449 g/mol. The third-order valence-electron chi connectivity index (χ3n) is 5.64. The normalized spacial score (nSPS) is 19.2. The van der Waals surface area contributed by atoms with Crippen molar-refractivity contribution >= 4 is 22.6 Å². The first kappa shape index (κ1) is 22.0. The molecule has 1 fully saturated rings. The number of aromatic nitrogens is 4. The third kappa shape index (κ3) is 4.52. The predicted octanol–water partition coefficient (Wildman–Crippen LogP) is 3.83. The van der Waals surface area contributed by atoms with Crippen molar-refractivity contribution in [2.24, 2.45) is 5.92 Å². The molecule has 0 atom stereocenters. The number of nitrogens with one attached hydrogen (secondary N) is 1. The topological polar surface area (TPSA) is 102 Å². The number of hydrogen-bond acceptors (Lipinski definition) is 6. The highest BCUT2D eigenvalue weighted by molar-refractivity contribution is 6.04. The molecule has 3 aromatic heterocycles. The molecule has 2 N–H and O–H groups in total. The number of aliphatic hydroxyl groups excluding tert-OH is 1. The lowest BCUT2D eigenvalue weighted by atomic mass is 9.87. The molecule has 0 radical (unpaired) electrons. The highest BCUT2D eigenvalue weighted by Gasteiger charge is 2.33. The molecule has 1 saturated carbocycles. The van der Waals surface area contributed by atoms with E-state index >= 15 is 0 Å². The third-order valence-corrected chi connectivity index (χ3v) is 5.64. The van der Waals surface area contributed by atoms with E-state index in [-0.39, 0.29) is 29.9 Å². The molecule has 1 aliphatic carbocycles.